The zero-order valence-corrected chi connectivity index (χ0v) is 8.98. The van der Waals surface area contributed by atoms with Crippen molar-refractivity contribution in [3.63, 3.8) is 0 Å². The molecule has 94 valence electrons. The van der Waals surface area contributed by atoms with Gasteiger partial charge in [0.05, 0.1) is 12.6 Å². The Morgan fingerprint density at radius 1 is 1.47 bits per heavy atom. The van der Waals surface area contributed by atoms with Crippen molar-refractivity contribution in [3.8, 4) is 0 Å². The lowest BCUT2D eigenvalue weighted by molar-refractivity contribution is -0.141. The number of alkyl halides is 3. The van der Waals surface area contributed by atoms with Gasteiger partial charge >= 0.3 is 6.18 Å². The van der Waals surface area contributed by atoms with E-state index in [1.54, 1.807) is 4.90 Å². The van der Waals surface area contributed by atoms with E-state index < -0.39 is 11.9 Å². The Morgan fingerprint density at radius 3 is 2.88 bits per heavy atom. The van der Waals surface area contributed by atoms with Crippen LogP contribution in [0.1, 0.15) is 18.5 Å². The minimum Gasteiger partial charge on any atom is -0.394 e. The summed E-state index contributed by atoms with van der Waals surface area (Å²) in [5.74, 6) is 0.0383. The van der Waals surface area contributed by atoms with Crippen LogP contribution in [0.2, 0.25) is 0 Å². The van der Waals surface area contributed by atoms with E-state index in [4.69, 9.17) is 5.11 Å². The first-order valence-electron chi connectivity index (χ1n) is 5.30. The van der Waals surface area contributed by atoms with Crippen LogP contribution in [0.15, 0.2) is 12.3 Å². The van der Waals surface area contributed by atoms with Gasteiger partial charge in [-0.2, -0.15) is 13.2 Å². The standard InChI is InChI=1S/C10H12F3N3O/c11-10(12,13)8-3-4-14-9(15-8)16-5-1-2-7(16)6-17/h3-4,7,17H,1-2,5-6H2/t7-/m1/s1. The van der Waals surface area contributed by atoms with E-state index in [0.717, 1.165) is 25.1 Å². The second-order valence-corrected chi connectivity index (χ2v) is 3.91. The van der Waals surface area contributed by atoms with Crippen LogP contribution in [-0.2, 0) is 6.18 Å². The molecule has 0 radical (unpaired) electrons. The van der Waals surface area contributed by atoms with Gasteiger partial charge < -0.3 is 10.0 Å². The van der Waals surface area contributed by atoms with Crippen LogP contribution < -0.4 is 4.90 Å². The van der Waals surface area contributed by atoms with Crippen LogP contribution in [0.3, 0.4) is 0 Å². The fourth-order valence-electron chi connectivity index (χ4n) is 1.93. The highest BCUT2D eigenvalue weighted by molar-refractivity contribution is 5.34. The molecule has 1 aliphatic heterocycles. The summed E-state index contributed by atoms with van der Waals surface area (Å²) in [6.07, 6.45) is -1.80. The summed E-state index contributed by atoms with van der Waals surface area (Å²) < 4.78 is 37.4. The molecule has 1 aliphatic rings. The largest absolute Gasteiger partial charge is 0.433 e. The lowest BCUT2D eigenvalue weighted by Gasteiger charge is -2.23. The molecular weight excluding hydrogens is 235 g/mol. The van der Waals surface area contributed by atoms with Gasteiger partial charge in [0.1, 0.15) is 5.69 Å². The minimum atomic E-state index is -4.47. The second-order valence-electron chi connectivity index (χ2n) is 3.91. The van der Waals surface area contributed by atoms with E-state index in [9.17, 15) is 13.2 Å². The molecule has 1 atom stereocenters. The van der Waals surface area contributed by atoms with E-state index in [-0.39, 0.29) is 18.6 Å². The average molecular weight is 247 g/mol. The average Bonchev–Trinajstić information content (AvgIpc) is 2.76. The second kappa shape index (κ2) is 4.48. The van der Waals surface area contributed by atoms with Crippen LogP contribution in [0.25, 0.3) is 0 Å². The Labute approximate surface area is 96.1 Å². The summed E-state index contributed by atoms with van der Waals surface area (Å²) in [5, 5.41) is 9.11. The molecule has 1 N–H and O–H groups in total. The minimum absolute atomic E-state index is 0.0383. The molecule has 0 aromatic carbocycles. The molecule has 0 unspecified atom stereocenters. The third kappa shape index (κ3) is 2.49. The van der Waals surface area contributed by atoms with Gasteiger partial charge in [0, 0.05) is 12.7 Å². The molecule has 1 saturated heterocycles. The summed E-state index contributed by atoms with van der Waals surface area (Å²) in [7, 11) is 0. The number of aliphatic hydroxyl groups excluding tert-OH is 1. The number of anilines is 1. The summed E-state index contributed by atoms with van der Waals surface area (Å²) in [6.45, 7) is 0.478. The van der Waals surface area contributed by atoms with Gasteiger partial charge in [0.15, 0.2) is 0 Å². The lowest BCUT2D eigenvalue weighted by atomic mass is 10.2. The molecule has 0 saturated carbocycles. The Bertz CT molecular complexity index is 397. The van der Waals surface area contributed by atoms with Crippen molar-refractivity contribution in [1.82, 2.24) is 9.97 Å². The molecular formula is C10H12F3N3O. The summed E-state index contributed by atoms with van der Waals surface area (Å²) in [6, 6.07) is 0.659. The van der Waals surface area contributed by atoms with E-state index in [1.165, 1.54) is 0 Å². The highest BCUT2D eigenvalue weighted by Crippen LogP contribution is 2.29. The maximum atomic E-state index is 12.5. The predicted molar refractivity (Wildman–Crippen MR) is 54.5 cm³/mol. The SMILES string of the molecule is OC[C@H]1CCCN1c1nccc(C(F)(F)F)n1. The van der Waals surface area contributed by atoms with Crippen LogP contribution >= 0.6 is 0 Å². The summed E-state index contributed by atoms with van der Waals surface area (Å²) in [4.78, 5) is 8.96. The third-order valence-corrected chi connectivity index (χ3v) is 2.78. The maximum Gasteiger partial charge on any atom is 0.433 e. The molecule has 17 heavy (non-hydrogen) atoms. The van der Waals surface area contributed by atoms with Gasteiger partial charge in [0.2, 0.25) is 5.95 Å². The van der Waals surface area contributed by atoms with Crippen molar-refractivity contribution in [2.45, 2.75) is 25.1 Å². The van der Waals surface area contributed by atoms with Crippen LogP contribution in [0.5, 0.6) is 0 Å². The van der Waals surface area contributed by atoms with E-state index in [0.29, 0.717) is 6.54 Å². The molecule has 0 amide bonds. The number of hydrogen-bond donors (Lipinski definition) is 1. The summed E-state index contributed by atoms with van der Waals surface area (Å²) in [5.41, 5.74) is -0.953. The molecule has 1 aromatic rings. The molecule has 0 bridgehead atoms. The Kier molecular flexibility index (Phi) is 3.19. The van der Waals surface area contributed by atoms with Crippen LogP contribution in [0.4, 0.5) is 19.1 Å². The van der Waals surface area contributed by atoms with Crippen LogP contribution in [-0.4, -0.2) is 34.3 Å². The highest BCUT2D eigenvalue weighted by atomic mass is 19.4. The Balaban J connectivity index is 2.27. The zero-order valence-electron chi connectivity index (χ0n) is 8.98. The molecule has 1 fully saturated rings. The van der Waals surface area contributed by atoms with Gasteiger partial charge in [-0.05, 0) is 18.9 Å². The first-order valence-corrected chi connectivity index (χ1v) is 5.30. The quantitative estimate of drug-likeness (QED) is 0.859. The van der Waals surface area contributed by atoms with Gasteiger partial charge in [-0.1, -0.05) is 0 Å². The molecule has 2 rings (SSSR count). The van der Waals surface area contributed by atoms with Crippen molar-refractivity contribution in [2.75, 3.05) is 18.1 Å². The number of nitrogens with zero attached hydrogens (tertiary/aromatic N) is 3. The van der Waals surface area contributed by atoms with Gasteiger partial charge in [-0.3, -0.25) is 0 Å². The Morgan fingerprint density at radius 2 is 2.24 bits per heavy atom. The fourth-order valence-corrected chi connectivity index (χ4v) is 1.93. The smallest absolute Gasteiger partial charge is 0.394 e. The van der Waals surface area contributed by atoms with Gasteiger partial charge in [0.25, 0.3) is 0 Å². The lowest BCUT2D eigenvalue weighted by Crippen LogP contribution is -2.33. The van der Waals surface area contributed by atoms with E-state index >= 15 is 0 Å². The molecule has 7 heteroatoms. The fraction of sp³-hybridized carbons (Fsp3) is 0.600. The number of halogens is 3. The predicted octanol–water partition coefficient (Wildman–Crippen LogP) is 1.46. The molecule has 1 aromatic heterocycles. The molecule has 0 spiro atoms. The monoisotopic (exact) mass is 247 g/mol. The van der Waals surface area contributed by atoms with Crippen molar-refractivity contribution >= 4 is 5.95 Å². The van der Waals surface area contributed by atoms with E-state index in [2.05, 4.69) is 9.97 Å². The normalized spacial score (nSPS) is 20.9. The Hall–Kier alpha value is -1.37. The van der Waals surface area contributed by atoms with Gasteiger partial charge in [-0.25, -0.2) is 9.97 Å². The van der Waals surface area contributed by atoms with Crippen molar-refractivity contribution in [1.29, 1.82) is 0 Å². The first kappa shape index (κ1) is 12.1. The topological polar surface area (TPSA) is 49.2 Å². The number of aliphatic hydroxyl groups is 1. The molecule has 2 heterocycles. The summed E-state index contributed by atoms with van der Waals surface area (Å²) >= 11 is 0. The van der Waals surface area contributed by atoms with Crippen molar-refractivity contribution < 1.29 is 18.3 Å². The van der Waals surface area contributed by atoms with E-state index in [1.807, 2.05) is 0 Å². The number of hydrogen-bond acceptors (Lipinski definition) is 4. The third-order valence-electron chi connectivity index (χ3n) is 2.78. The number of rotatable bonds is 2. The van der Waals surface area contributed by atoms with Gasteiger partial charge in [-0.15, -0.1) is 0 Å². The van der Waals surface area contributed by atoms with Crippen molar-refractivity contribution in [3.05, 3.63) is 18.0 Å². The first-order chi connectivity index (χ1) is 8.02. The maximum absolute atomic E-state index is 12.5. The van der Waals surface area contributed by atoms with Crippen molar-refractivity contribution in [2.24, 2.45) is 0 Å². The zero-order chi connectivity index (χ0) is 12.5. The number of aromatic nitrogens is 2. The molecule has 0 aliphatic carbocycles. The van der Waals surface area contributed by atoms with Crippen LogP contribution in [0, 0.1) is 0 Å². The highest BCUT2D eigenvalue weighted by Gasteiger charge is 2.34. The molecule has 4 nitrogen and oxygen atoms in total.